The Morgan fingerprint density at radius 3 is 2.81 bits per heavy atom. The number of benzene rings is 1. The molecule has 0 bridgehead atoms. The zero-order chi connectivity index (χ0) is 18.4. The van der Waals surface area contributed by atoms with E-state index in [0.717, 1.165) is 37.5 Å². The highest BCUT2D eigenvalue weighted by atomic mass is 16.5. The van der Waals surface area contributed by atoms with E-state index >= 15 is 0 Å². The number of aromatic nitrogens is 1. The molecule has 0 N–H and O–H groups in total. The van der Waals surface area contributed by atoms with Crippen LogP contribution in [0.5, 0.6) is 5.75 Å². The summed E-state index contributed by atoms with van der Waals surface area (Å²) in [6.07, 6.45) is 5.13. The Balaban J connectivity index is 1.80. The van der Waals surface area contributed by atoms with E-state index in [1.165, 1.54) is 5.56 Å². The Bertz CT molecular complexity index is 787. The van der Waals surface area contributed by atoms with Gasteiger partial charge in [-0.15, -0.1) is 0 Å². The first kappa shape index (κ1) is 17.9. The molecular formula is C20H23N3O3. The summed E-state index contributed by atoms with van der Waals surface area (Å²) in [5.74, 6) is 1.45. The van der Waals surface area contributed by atoms with E-state index in [9.17, 15) is 4.79 Å². The van der Waals surface area contributed by atoms with Crippen LogP contribution in [0.4, 0.5) is 5.69 Å². The summed E-state index contributed by atoms with van der Waals surface area (Å²) in [5, 5.41) is 0. The number of hydrogen-bond acceptors (Lipinski definition) is 5. The lowest BCUT2D eigenvalue weighted by Crippen LogP contribution is -2.24. The first-order valence-corrected chi connectivity index (χ1v) is 8.78. The van der Waals surface area contributed by atoms with Gasteiger partial charge in [0.25, 0.3) is 0 Å². The molecule has 2 heterocycles. The highest BCUT2D eigenvalue weighted by Gasteiger charge is 2.20. The summed E-state index contributed by atoms with van der Waals surface area (Å²) in [6.45, 7) is 3.84. The number of pyridine rings is 1. The molecule has 3 rings (SSSR count). The van der Waals surface area contributed by atoms with E-state index < -0.39 is 0 Å². The number of esters is 1. The standard InChI is InChI=1S/C20H23N3O3/c1-3-26-20(24)17-10-11-21-13-18(17)22-19-5-4-12-23(19)14-15-6-8-16(25-2)9-7-15/h6-11,13H,3-5,12,14H2,1-2H3. The fourth-order valence-electron chi connectivity index (χ4n) is 2.96. The van der Waals surface area contributed by atoms with Crippen molar-refractivity contribution in [3.8, 4) is 5.75 Å². The number of amidine groups is 1. The van der Waals surface area contributed by atoms with Gasteiger partial charge < -0.3 is 14.4 Å². The second-order valence-corrected chi connectivity index (χ2v) is 6.01. The normalized spacial score (nSPS) is 15.3. The maximum Gasteiger partial charge on any atom is 0.340 e. The zero-order valence-electron chi connectivity index (χ0n) is 15.1. The SMILES string of the molecule is CCOC(=O)c1ccncc1N=C1CCCN1Cc1ccc(OC)cc1. The molecule has 0 spiro atoms. The Morgan fingerprint density at radius 2 is 2.08 bits per heavy atom. The summed E-state index contributed by atoms with van der Waals surface area (Å²) in [6, 6.07) is 9.69. The summed E-state index contributed by atoms with van der Waals surface area (Å²) in [4.78, 5) is 23.2. The van der Waals surface area contributed by atoms with E-state index in [-0.39, 0.29) is 5.97 Å². The van der Waals surface area contributed by atoms with Gasteiger partial charge in [-0.3, -0.25) is 4.98 Å². The lowest BCUT2D eigenvalue weighted by atomic mass is 10.2. The molecule has 0 amide bonds. The van der Waals surface area contributed by atoms with Crippen molar-refractivity contribution in [3.05, 3.63) is 53.9 Å². The first-order valence-electron chi connectivity index (χ1n) is 8.78. The van der Waals surface area contributed by atoms with Crippen LogP contribution in [0.3, 0.4) is 0 Å². The van der Waals surface area contributed by atoms with Crippen molar-refractivity contribution in [2.75, 3.05) is 20.3 Å². The van der Waals surface area contributed by atoms with Gasteiger partial charge in [0.15, 0.2) is 0 Å². The molecule has 1 fully saturated rings. The number of likely N-dealkylation sites (tertiary alicyclic amines) is 1. The van der Waals surface area contributed by atoms with Crippen LogP contribution < -0.4 is 4.74 Å². The van der Waals surface area contributed by atoms with Crippen LogP contribution in [0.15, 0.2) is 47.7 Å². The predicted octanol–water partition coefficient (Wildman–Crippen LogP) is 3.59. The lowest BCUT2D eigenvalue weighted by molar-refractivity contribution is 0.0527. The van der Waals surface area contributed by atoms with E-state index in [1.807, 2.05) is 12.1 Å². The Labute approximate surface area is 153 Å². The van der Waals surface area contributed by atoms with Crippen LogP contribution in [0.25, 0.3) is 0 Å². The zero-order valence-corrected chi connectivity index (χ0v) is 15.1. The molecule has 0 saturated carbocycles. The van der Waals surface area contributed by atoms with Gasteiger partial charge >= 0.3 is 5.97 Å². The minimum absolute atomic E-state index is 0.334. The number of carbonyl (C=O) groups is 1. The summed E-state index contributed by atoms with van der Waals surface area (Å²) >= 11 is 0. The van der Waals surface area contributed by atoms with E-state index in [4.69, 9.17) is 14.5 Å². The molecule has 1 aliphatic heterocycles. The summed E-state index contributed by atoms with van der Waals surface area (Å²) in [5.41, 5.74) is 2.20. The molecule has 0 atom stereocenters. The topological polar surface area (TPSA) is 64.0 Å². The quantitative estimate of drug-likeness (QED) is 0.743. The van der Waals surface area contributed by atoms with Crippen molar-refractivity contribution in [2.24, 2.45) is 4.99 Å². The Hall–Kier alpha value is -2.89. The lowest BCUT2D eigenvalue weighted by Gasteiger charge is -2.19. The third-order valence-electron chi connectivity index (χ3n) is 4.27. The molecule has 0 aliphatic carbocycles. The minimum atomic E-state index is -0.367. The van der Waals surface area contributed by atoms with Crippen LogP contribution in [0.1, 0.15) is 35.7 Å². The summed E-state index contributed by atoms with van der Waals surface area (Å²) < 4.78 is 10.3. The third kappa shape index (κ3) is 4.20. The van der Waals surface area contributed by atoms with Gasteiger partial charge in [-0.2, -0.15) is 0 Å². The molecule has 1 aromatic heterocycles. The molecule has 1 saturated heterocycles. The Kier molecular flexibility index (Phi) is 5.84. The maximum atomic E-state index is 12.1. The smallest absolute Gasteiger partial charge is 0.340 e. The fraction of sp³-hybridized carbons (Fsp3) is 0.350. The average Bonchev–Trinajstić information content (AvgIpc) is 3.09. The van der Waals surface area contributed by atoms with E-state index in [0.29, 0.717) is 17.9 Å². The van der Waals surface area contributed by atoms with Crippen LogP contribution in [0.2, 0.25) is 0 Å². The summed E-state index contributed by atoms with van der Waals surface area (Å²) in [7, 11) is 1.66. The largest absolute Gasteiger partial charge is 0.497 e. The monoisotopic (exact) mass is 353 g/mol. The van der Waals surface area contributed by atoms with Gasteiger partial charge in [-0.1, -0.05) is 12.1 Å². The number of carbonyl (C=O) groups excluding carboxylic acids is 1. The van der Waals surface area contributed by atoms with Gasteiger partial charge in [0.2, 0.25) is 0 Å². The number of nitrogens with zero attached hydrogens (tertiary/aromatic N) is 3. The molecule has 0 radical (unpaired) electrons. The van der Waals surface area contributed by atoms with Crippen molar-refractivity contribution in [1.82, 2.24) is 9.88 Å². The van der Waals surface area contributed by atoms with Crippen LogP contribution in [-0.4, -0.2) is 42.0 Å². The highest BCUT2D eigenvalue weighted by molar-refractivity contribution is 5.96. The number of hydrogen-bond donors (Lipinski definition) is 0. The maximum absolute atomic E-state index is 12.1. The predicted molar refractivity (Wildman–Crippen MR) is 99.9 cm³/mol. The van der Waals surface area contributed by atoms with E-state index in [2.05, 4.69) is 22.0 Å². The van der Waals surface area contributed by atoms with Crippen LogP contribution >= 0.6 is 0 Å². The van der Waals surface area contributed by atoms with Crippen molar-refractivity contribution in [2.45, 2.75) is 26.3 Å². The van der Waals surface area contributed by atoms with Crippen molar-refractivity contribution < 1.29 is 14.3 Å². The molecule has 0 unspecified atom stereocenters. The molecule has 2 aromatic rings. The second-order valence-electron chi connectivity index (χ2n) is 6.01. The van der Waals surface area contributed by atoms with Gasteiger partial charge in [0.1, 0.15) is 11.6 Å². The fourth-order valence-corrected chi connectivity index (χ4v) is 2.96. The first-order chi connectivity index (χ1) is 12.7. The third-order valence-corrected chi connectivity index (χ3v) is 4.27. The second kappa shape index (κ2) is 8.47. The Morgan fingerprint density at radius 1 is 1.27 bits per heavy atom. The molecular weight excluding hydrogens is 330 g/mol. The molecule has 26 heavy (non-hydrogen) atoms. The number of methoxy groups -OCH3 is 1. The van der Waals surface area contributed by atoms with Crippen molar-refractivity contribution in [3.63, 3.8) is 0 Å². The van der Waals surface area contributed by atoms with Crippen molar-refractivity contribution >= 4 is 17.5 Å². The molecule has 6 nitrogen and oxygen atoms in total. The van der Waals surface area contributed by atoms with Gasteiger partial charge in [0, 0.05) is 25.7 Å². The molecule has 136 valence electrons. The van der Waals surface area contributed by atoms with Crippen molar-refractivity contribution in [1.29, 1.82) is 0 Å². The van der Waals surface area contributed by atoms with Gasteiger partial charge in [-0.05, 0) is 37.1 Å². The highest BCUT2D eigenvalue weighted by Crippen LogP contribution is 2.24. The van der Waals surface area contributed by atoms with E-state index in [1.54, 1.807) is 32.5 Å². The molecule has 6 heteroatoms. The van der Waals surface area contributed by atoms with Gasteiger partial charge in [-0.25, -0.2) is 9.79 Å². The van der Waals surface area contributed by atoms with Crippen LogP contribution in [0, 0.1) is 0 Å². The van der Waals surface area contributed by atoms with Crippen LogP contribution in [-0.2, 0) is 11.3 Å². The minimum Gasteiger partial charge on any atom is -0.497 e. The van der Waals surface area contributed by atoms with Gasteiger partial charge in [0.05, 0.1) is 31.2 Å². The molecule has 1 aromatic carbocycles. The number of rotatable bonds is 6. The number of ether oxygens (including phenoxy) is 2. The molecule has 1 aliphatic rings. The number of aliphatic imine (C=N–C) groups is 1. The average molecular weight is 353 g/mol.